The lowest BCUT2D eigenvalue weighted by atomic mass is 9.65. The minimum absolute atomic E-state index is 0.0208. The molecule has 0 aliphatic heterocycles. The molecular formula is C33H50O3. The van der Waals surface area contributed by atoms with E-state index < -0.39 is 5.97 Å². The van der Waals surface area contributed by atoms with E-state index in [1.54, 1.807) is 13.8 Å². The Morgan fingerprint density at radius 2 is 1.33 bits per heavy atom. The average Bonchev–Trinajstić information content (AvgIpc) is 2.91. The Balaban J connectivity index is 0.000000676. The summed E-state index contributed by atoms with van der Waals surface area (Å²) in [6.45, 7) is 16.6. The third kappa shape index (κ3) is 11.8. The number of allylic oxidation sites excluding steroid dienone is 1. The highest BCUT2D eigenvalue weighted by Crippen LogP contribution is 2.42. The average molecular weight is 495 g/mol. The Morgan fingerprint density at radius 1 is 0.833 bits per heavy atom. The van der Waals surface area contributed by atoms with E-state index >= 15 is 0 Å². The fourth-order valence-corrected chi connectivity index (χ4v) is 4.32. The molecule has 200 valence electrons. The lowest BCUT2D eigenvalue weighted by Gasteiger charge is -2.39. The van der Waals surface area contributed by atoms with E-state index in [9.17, 15) is 9.59 Å². The Labute approximate surface area is 221 Å². The first-order chi connectivity index (χ1) is 17.3. The summed E-state index contributed by atoms with van der Waals surface area (Å²) < 4.78 is 4.83. The highest BCUT2D eigenvalue weighted by Gasteiger charge is 2.35. The van der Waals surface area contributed by atoms with E-state index in [4.69, 9.17) is 4.74 Å². The minimum atomic E-state index is -0.454. The van der Waals surface area contributed by atoms with Crippen molar-refractivity contribution < 1.29 is 14.3 Å². The van der Waals surface area contributed by atoms with Crippen molar-refractivity contribution in [2.75, 3.05) is 0 Å². The monoisotopic (exact) mass is 494 g/mol. The van der Waals surface area contributed by atoms with E-state index in [-0.39, 0.29) is 17.3 Å². The maximum absolute atomic E-state index is 11.1. The molecular weight excluding hydrogens is 444 g/mol. The van der Waals surface area contributed by atoms with Crippen LogP contribution in [0.4, 0.5) is 0 Å². The van der Waals surface area contributed by atoms with Crippen LogP contribution in [0.5, 0.6) is 0 Å². The van der Waals surface area contributed by atoms with Crippen LogP contribution in [0.15, 0.2) is 72.8 Å². The maximum atomic E-state index is 11.1. The summed E-state index contributed by atoms with van der Waals surface area (Å²) in [7, 11) is 0. The van der Waals surface area contributed by atoms with Gasteiger partial charge in [-0.1, -0.05) is 121 Å². The van der Waals surface area contributed by atoms with Crippen LogP contribution in [0.1, 0.15) is 105 Å². The van der Waals surface area contributed by atoms with Gasteiger partial charge in [-0.05, 0) is 49.8 Å². The highest BCUT2D eigenvalue weighted by molar-refractivity contribution is 5.95. The zero-order valence-electron chi connectivity index (χ0n) is 24.1. The second-order valence-corrected chi connectivity index (χ2v) is 9.22. The van der Waals surface area contributed by atoms with Gasteiger partial charge in [-0.2, -0.15) is 0 Å². The van der Waals surface area contributed by atoms with Crippen molar-refractivity contribution in [2.24, 2.45) is 5.92 Å². The first kappa shape index (κ1) is 33.3. The van der Waals surface area contributed by atoms with Crippen molar-refractivity contribution in [3.8, 4) is 0 Å². The third-order valence-corrected chi connectivity index (χ3v) is 6.23. The zero-order chi connectivity index (χ0) is 27.4. The molecule has 2 rings (SSSR count). The molecule has 0 aliphatic rings. The number of hydrogen-bond acceptors (Lipinski definition) is 3. The van der Waals surface area contributed by atoms with E-state index in [0.29, 0.717) is 12.3 Å². The predicted molar refractivity (Wildman–Crippen MR) is 154 cm³/mol. The molecule has 0 saturated carbocycles. The summed E-state index contributed by atoms with van der Waals surface area (Å²) >= 11 is 0. The molecule has 2 aromatic rings. The molecule has 0 heterocycles. The van der Waals surface area contributed by atoms with Crippen LogP contribution in [0, 0.1) is 5.92 Å². The number of unbranched alkanes of at least 4 members (excludes halogenated alkanes) is 1. The van der Waals surface area contributed by atoms with Crippen molar-refractivity contribution >= 4 is 11.8 Å². The van der Waals surface area contributed by atoms with Crippen LogP contribution < -0.4 is 0 Å². The van der Waals surface area contributed by atoms with Gasteiger partial charge in [-0.3, -0.25) is 4.79 Å². The minimum Gasteiger partial charge on any atom is -0.460 e. The van der Waals surface area contributed by atoms with Gasteiger partial charge in [0.2, 0.25) is 0 Å². The van der Waals surface area contributed by atoms with E-state index in [1.807, 2.05) is 20.8 Å². The summed E-state index contributed by atoms with van der Waals surface area (Å²) in [4.78, 5) is 22.1. The normalized spacial score (nSPS) is 11.7. The van der Waals surface area contributed by atoms with Crippen LogP contribution in [0.2, 0.25) is 0 Å². The fourth-order valence-electron chi connectivity index (χ4n) is 4.32. The van der Waals surface area contributed by atoms with Crippen LogP contribution in [-0.2, 0) is 19.7 Å². The molecule has 0 radical (unpaired) electrons. The molecule has 3 nitrogen and oxygen atoms in total. The Bertz CT molecular complexity index is 814. The van der Waals surface area contributed by atoms with Crippen LogP contribution in [-0.4, -0.2) is 17.9 Å². The largest absolute Gasteiger partial charge is 0.460 e. The Kier molecular flexibility index (Phi) is 18.0. The van der Waals surface area contributed by atoms with Gasteiger partial charge in [0.05, 0.1) is 6.10 Å². The van der Waals surface area contributed by atoms with Crippen molar-refractivity contribution in [3.05, 3.63) is 83.9 Å². The molecule has 1 atom stereocenters. The van der Waals surface area contributed by atoms with Gasteiger partial charge in [0.25, 0.3) is 0 Å². The molecule has 0 aliphatic carbocycles. The maximum Gasteiger partial charge on any atom is 0.331 e. The second kappa shape index (κ2) is 19.5. The lowest BCUT2D eigenvalue weighted by Crippen LogP contribution is -2.33. The number of esters is 1. The van der Waals surface area contributed by atoms with Gasteiger partial charge in [-0.15, -0.1) is 0 Å². The number of ether oxygens (including phenoxy) is 1. The fraction of sp³-hybridized carbons (Fsp3) is 0.515. The molecule has 0 spiro atoms. The van der Waals surface area contributed by atoms with Gasteiger partial charge in [0.15, 0.2) is 5.78 Å². The SMILES string of the molecule is CC.CCCC(CC)C(C)(c1ccccc1)c1ccccc1.CCCCC(=O)/C=C\C(=O)OC(C)C. The number of benzene rings is 2. The molecule has 0 bridgehead atoms. The van der Waals surface area contributed by atoms with Crippen LogP contribution in [0.3, 0.4) is 0 Å². The summed E-state index contributed by atoms with van der Waals surface area (Å²) in [6, 6.07) is 22.0. The molecule has 0 N–H and O–H groups in total. The number of hydrogen-bond donors (Lipinski definition) is 0. The molecule has 0 amide bonds. The van der Waals surface area contributed by atoms with Gasteiger partial charge in [0.1, 0.15) is 0 Å². The first-order valence-corrected chi connectivity index (χ1v) is 13.8. The van der Waals surface area contributed by atoms with Gasteiger partial charge >= 0.3 is 5.97 Å². The molecule has 2 aromatic carbocycles. The second-order valence-electron chi connectivity index (χ2n) is 9.22. The molecule has 3 heteroatoms. The molecule has 1 unspecified atom stereocenters. The van der Waals surface area contributed by atoms with E-state index in [1.165, 1.54) is 42.5 Å². The number of carbonyl (C=O) groups is 2. The molecule has 0 aromatic heterocycles. The molecule has 0 fully saturated rings. The van der Waals surface area contributed by atoms with Gasteiger partial charge in [0, 0.05) is 17.9 Å². The van der Waals surface area contributed by atoms with Crippen LogP contribution in [0.25, 0.3) is 0 Å². The third-order valence-electron chi connectivity index (χ3n) is 6.23. The number of ketones is 1. The van der Waals surface area contributed by atoms with E-state index in [0.717, 1.165) is 12.8 Å². The summed E-state index contributed by atoms with van der Waals surface area (Å²) in [5.41, 5.74) is 2.98. The van der Waals surface area contributed by atoms with E-state index in [2.05, 4.69) is 81.4 Å². The number of carbonyl (C=O) groups excluding carboxylic acids is 2. The van der Waals surface area contributed by atoms with Gasteiger partial charge in [-0.25, -0.2) is 4.79 Å². The summed E-state index contributed by atoms with van der Waals surface area (Å²) in [5, 5.41) is 0. The quantitative estimate of drug-likeness (QED) is 0.218. The first-order valence-electron chi connectivity index (χ1n) is 13.8. The van der Waals surface area contributed by atoms with Crippen LogP contribution >= 0.6 is 0 Å². The number of rotatable bonds is 12. The molecule has 36 heavy (non-hydrogen) atoms. The zero-order valence-corrected chi connectivity index (χ0v) is 24.1. The summed E-state index contributed by atoms with van der Waals surface area (Å²) in [5.74, 6) is 0.203. The molecule has 0 saturated heterocycles. The smallest absolute Gasteiger partial charge is 0.331 e. The van der Waals surface area contributed by atoms with Crippen molar-refractivity contribution in [3.63, 3.8) is 0 Å². The van der Waals surface area contributed by atoms with Crippen molar-refractivity contribution in [2.45, 2.75) is 105 Å². The topological polar surface area (TPSA) is 43.4 Å². The lowest BCUT2D eigenvalue weighted by molar-refractivity contribution is -0.141. The van der Waals surface area contributed by atoms with Crippen molar-refractivity contribution in [1.82, 2.24) is 0 Å². The van der Waals surface area contributed by atoms with Gasteiger partial charge < -0.3 is 4.74 Å². The predicted octanol–water partition coefficient (Wildman–Crippen LogP) is 9.10. The Hall–Kier alpha value is -2.68. The Morgan fingerprint density at radius 3 is 1.72 bits per heavy atom. The summed E-state index contributed by atoms with van der Waals surface area (Å²) in [6.07, 6.45) is 8.43. The standard InChI is InChI=1S/C20H26.C11H18O3.C2H6/c1-4-12-17(5-2)20(3,18-13-8-6-9-14-18)19-15-10-7-11-16-19;1-4-5-6-10(12)7-8-11(13)14-9(2)3;1-2/h6-11,13-17H,4-5,12H2,1-3H3;7-9H,4-6H2,1-3H3;1-2H3/b;8-7-;. The van der Waals surface area contributed by atoms with Crippen molar-refractivity contribution in [1.29, 1.82) is 0 Å². The highest BCUT2D eigenvalue weighted by atomic mass is 16.5.